The molecule has 28 heavy (non-hydrogen) atoms. The Morgan fingerprint density at radius 3 is 2.46 bits per heavy atom. The number of urea groups is 1. The van der Waals surface area contributed by atoms with Gasteiger partial charge in [-0.25, -0.2) is 18.0 Å². The van der Waals surface area contributed by atoms with Gasteiger partial charge in [0.05, 0.1) is 6.61 Å². The number of ether oxygens (including phenoxy) is 1. The van der Waals surface area contributed by atoms with E-state index in [4.69, 9.17) is 0 Å². The number of rotatable bonds is 9. The van der Waals surface area contributed by atoms with E-state index in [2.05, 4.69) is 15.4 Å². The average molecular weight is 402 g/mol. The number of benzene rings is 2. The molecule has 0 saturated heterocycles. The molecule has 4 nitrogen and oxygen atoms in total. The third kappa shape index (κ3) is 7.15. The van der Waals surface area contributed by atoms with Crippen LogP contribution in [0.1, 0.15) is 11.1 Å². The lowest BCUT2D eigenvalue weighted by Gasteiger charge is -2.15. The first-order chi connectivity index (χ1) is 13.3. The van der Waals surface area contributed by atoms with Crippen molar-refractivity contribution in [3.05, 3.63) is 65.5 Å². The van der Waals surface area contributed by atoms with Gasteiger partial charge in [0.2, 0.25) is 0 Å². The maximum atomic E-state index is 12.8. The molecule has 0 saturated carbocycles. The molecule has 0 unspecified atom stereocenters. The Bertz CT molecular complexity index is 769. The number of alkyl halides is 4. The third-order valence-corrected chi connectivity index (χ3v) is 3.68. The summed E-state index contributed by atoms with van der Waals surface area (Å²) in [5.41, 5.74) is 1.69. The molecule has 2 aromatic carbocycles. The summed E-state index contributed by atoms with van der Waals surface area (Å²) >= 11 is 0. The second kappa shape index (κ2) is 10.0. The lowest BCUT2D eigenvalue weighted by molar-refractivity contribution is -0.168. The molecule has 0 spiro atoms. The van der Waals surface area contributed by atoms with Crippen molar-refractivity contribution in [2.75, 3.05) is 18.5 Å². The Labute approximate surface area is 158 Å². The van der Waals surface area contributed by atoms with Gasteiger partial charge in [0, 0.05) is 12.2 Å². The van der Waals surface area contributed by atoms with Crippen molar-refractivity contribution in [1.82, 2.24) is 5.32 Å². The van der Waals surface area contributed by atoms with Gasteiger partial charge in [-0.3, -0.25) is 0 Å². The molecular weight excluding hydrogens is 383 g/mol. The van der Waals surface area contributed by atoms with Crippen molar-refractivity contribution in [1.29, 1.82) is 0 Å². The maximum absolute atomic E-state index is 12.8. The fourth-order valence-electron chi connectivity index (χ4n) is 2.25. The van der Waals surface area contributed by atoms with Gasteiger partial charge in [-0.1, -0.05) is 24.3 Å². The van der Waals surface area contributed by atoms with E-state index in [1.54, 1.807) is 30.3 Å². The molecule has 152 valence electrons. The molecule has 0 aliphatic heterocycles. The number of carbonyl (C=O) groups excluding carboxylic acids is 1. The molecule has 2 aromatic rings. The number of carbonyl (C=O) groups is 1. The smallest absolute Gasteiger partial charge is 0.330 e. The van der Waals surface area contributed by atoms with Crippen LogP contribution >= 0.6 is 0 Å². The zero-order valence-corrected chi connectivity index (χ0v) is 14.7. The first-order valence-corrected chi connectivity index (χ1v) is 8.38. The van der Waals surface area contributed by atoms with Crippen LogP contribution in [-0.2, 0) is 17.8 Å². The van der Waals surface area contributed by atoms with Crippen LogP contribution < -0.4 is 10.6 Å². The highest BCUT2D eigenvalue weighted by atomic mass is 19.3. The molecule has 2 rings (SSSR count). The molecule has 0 aliphatic rings. The molecule has 0 aromatic heterocycles. The largest absolute Gasteiger partial charge is 0.370 e. The van der Waals surface area contributed by atoms with Gasteiger partial charge in [0.1, 0.15) is 12.4 Å². The molecule has 0 bridgehead atoms. The van der Waals surface area contributed by atoms with E-state index in [1.165, 1.54) is 18.2 Å². The van der Waals surface area contributed by atoms with E-state index >= 15 is 0 Å². The zero-order chi connectivity index (χ0) is 20.6. The molecule has 2 N–H and O–H groups in total. The standard InChI is InChI=1S/C19H19F5N2O2/c20-15-6-4-13(5-7-15)8-9-25-18(27)26-16-3-1-2-14(10-16)11-28-12-19(23,24)17(21)22/h1-7,10,17H,8-9,11-12H2,(H2,25,26,27). The average Bonchev–Trinajstić information content (AvgIpc) is 2.63. The molecule has 0 aliphatic carbocycles. The van der Waals surface area contributed by atoms with Crippen molar-refractivity contribution >= 4 is 11.7 Å². The minimum atomic E-state index is -4.21. The van der Waals surface area contributed by atoms with Crippen molar-refractivity contribution < 1.29 is 31.5 Å². The Balaban J connectivity index is 1.76. The van der Waals surface area contributed by atoms with Gasteiger partial charge in [0.25, 0.3) is 0 Å². The molecule has 0 atom stereocenters. The molecule has 9 heteroatoms. The van der Waals surface area contributed by atoms with Crippen molar-refractivity contribution in [2.45, 2.75) is 25.4 Å². The van der Waals surface area contributed by atoms with Crippen LogP contribution in [-0.4, -0.2) is 31.5 Å². The SMILES string of the molecule is O=C(NCCc1ccc(F)cc1)Nc1cccc(COCC(F)(F)C(F)F)c1. The van der Waals surface area contributed by atoms with Gasteiger partial charge in [-0.15, -0.1) is 0 Å². The second-order valence-electron chi connectivity index (χ2n) is 6.01. The summed E-state index contributed by atoms with van der Waals surface area (Å²) in [6, 6.07) is 11.6. The Morgan fingerprint density at radius 2 is 1.79 bits per heavy atom. The van der Waals surface area contributed by atoms with Crippen LogP contribution in [0.2, 0.25) is 0 Å². The lowest BCUT2D eigenvalue weighted by atomic mass is 10.1. The topological polar surface area (TPSA) is 50.4 Å². The van der Waals surface area contributed by atoms with Gasteiger partial charge in [0.15, 0.2) is 0 Å². The van der Waals surface area contributed by atoms with Gasteiger partial charge >= 0.3 is 18.4 Å². The molecule has 0 heterocycles. The summed E-state index contributed by atoms with van der Waals surface area (Å²) in [4.78, 5) is 11.9. The highest BCUT2D eigenvalue weighted by Gasteiger charge is 2.40. The quantitative estimate of drug-likeness (QED) is 0.602. The van der Waals surface area contributed by atoms with Crippen LogP contribution in [0.4, 0.5) is 32.4 Å². The minimum absolute atomic E-state index is 0.302. The molecular formula is C19H19F5N2O2. The molecule has 0 radical (unpaired) electrons. The Hall–Kier alpha value is -2.68. The van der Waals surface area contributed by atoms with Crippen molar-refractivity contribution in [3.63, 3.8) is 0 Å². The van der Waals surface area contributed by atoms with Crippen molar-refractivity contribution in [2.24, 2.45) is 0 Å². The van der Waals surface area contributed by atoms with Gasteiger partial charge < -0.3 is 15.4 Å². The van der Waals surface area contributed by atoms with E-state index in [0.29, 0.717) is 24.2 Å². The Morgan fingerprint density at radius 1 is 1.07 bits per heavy atom. The first-order valence-electron chi connectivity index (χ1n) is 8.38. The summed E-state index contributed by atoms with van der Waals surface area (Å²) in [5, 5.41) is 5.20. The third-order valence-electron chi connectivity index (χ3n) is 3.68. The summed E-state index contributed by atoms with van der Waals surface area (Å²) in [7, 11) is 0. The number of anilines is 1. The molecule has 2 amide bonds. The minimum Gasteiger partial charge on any atom is -0.370 e. The highest BCUT2D eigenvalue weighted by Crippen LogP contribution is 2.23. The van der Waals surface area contributed by atoms with E-state index in [-0.39, 0.29) is 12.4 Å². The fourth-order valence-corrected chi connectivity index (χ4v) is 2.25. The van der Waals surface area contributed by atoms with Crippen LogP contribution in [0.25, 0.3) is 0 Å². The van der Waals surface area contributed by atoms with Gasteiger partial charge in [-0.05, 0) is 41.8 Å². The molecule has 0 fully saturated rings. The summed E-state index contributed by atoms with van der Waals surface area (Å²) < 4.78 is 67.2. The van der Waals surface area contributed by atoms with Crippen LogP contribution in [0.15, 0.2) is 48.5 Å². The lowest BCUT2D eigenvalue weighted by Crippen LogP contribution is -2.32. The van der Waals surface area contributed by atoms with E-state index in [1.807, 2.05) is 0 Å². The van der Waals surface area contributed by atoms with Crippen LogP contribution in [0, 0.1) is 5.82 Å². The number of hydrogen-bond acceptors (Lipinski definition) is 2. The monoisotopic (exact) mass is 402 g/mol. The summed E-state index contributed by atoms with van der Waals surface area (Å²) in [6.45, 7) is -1.38. The zero-order valence-electron chi connectivity index (χ0n) is 14.7. The predicted octanol–water partition coefficient (Wildman–Crippen LogP) is 4.61. The van der Waals surface area contributed by atoms with Crippen LogP contribution in [0.3, 0.4) is 0 Å². The predicted molar refractivity (Wildman–Crippen MR) is 94.2 cm³/mol. The highest BCUT2D eigenvalue weighted by molar-refractivity contribution is 5.89. The number of halogens is 5. The van der Waals surface area contributed by atoms with E-state index in [9.17, 15) is 26.7 Å². The van der Waals surface area contributed by atoms with E-state index < -0.39 is 25.0 Å². The summed E-state index contributed by atoms with van der Waals surface area (Å²) in [6.07, 6.45) is -3.28. The Kier molecular flexibility index (Phi) is 7.74. The normalized spacial score (nSPS) is 11.5. The van der Waals surface area contributed by atoms with Crippen molar-refractivity contribution in [3.8, 4) is 0 Å². The second-order valence-corrected chi connectivity index (χ2v) is 6.01. The number of nitrogens with one attached hydrogen (secondary N) is 2. The fraction of sp³-hybridized carbons (Fsp3) is 0.316. The number of amides is 2. The first kappa shape index (κ1) is 21.6. The van der Waals surface area contributed by atoms with E-state index in [0.717, 1.165) is 5.56 Å². The summed E-state index contributed by atoms with van der Waals surface area (Å²) in [5.74, 6) is -4.54. The van der Waals surface area contributed by atoms with Crippen LogP contribution in [0.5, 0.6) is 0 Å². The number of hydrogen-bond donors (Lipinski definition) is 2. The van der Waals surface area contributed by atoms with Gasteiger partial charge in [-0.2, -0.15) is 8.78 Å². The maximum Gasteiger partial charge on any atom is 0.330 e.